The van der Waals surface area contributed by atoms with Gasteiger partial charge in [-0.1, -0.05) is 200 Å². The minimum Gasteiger partial charge on any atom is -0.208 e. The van der Waals surface area contributed by atoms with E-state index in [1.165, 1.54) is 54.3 Å². The quantitative estimate of drug-likeness (QED) is 0.177. The van der Waals surface area contributed by atoms with Crippen molar-refractivity contribution in [1.29, 1.82) is 0 Å². The first-order chi connectivity index (χ1) is 27.8. The molecule has 0 unspecified atom stereocenters. The number of hydrogen-bond acceptors (Lipinski definition) is 4. The second-order valence-electron chi connectivity index (χ2n) is 14.3. The Bertz CT molecular complexity index is 2880. The van der Waals surface area contributed by atoms with Crippen LogP contribution in [0.1, 0.15) is 22.3 Å². The molecule has 2 heterocycles. The fraction of sp³-hybridized carbons (Fsp3) is 0.0192. The molecule has 4 heteroatoms. The zero-order valence-electron chi connectivity index (χ0n) is 30.3. The fourth-order valence-corrected chi connectivity index (χ4v) is 9.97. The number of nitrogens with zero attached hydrogens (tertiary/aromatic N) is 3. The van der Waals surface area contributed by atoms with Crippen LogP contribution >= 0.6 is 11.8 Å². The van der Waals surface area contributed by atoms with Gasteiger partial charge < -0.3 is 0 Å². The molecule has 0 N–H and O–H groups in total. The molecule has 1 spiro atoms. The van der Waals surface area contributed by atoms with Gasteiger partial charge in [-0.05, 0) is 67.8 Å². The molecule has 262 valence electrons. The molecule has 1 aliphatic heterocycles. The molecule has 0 saturated heterocycles. The standard InChI is InChI=1S/C52H33N3S/c1-3-14-34(15-4-1)35-26-30-38(31-27-35)50-53-49(37-16-5-2-6-17-37)54-51(55-50)39-32-28-36(29-33-39)40-20-13-25-47-48(40)52(45-23-11-12-24-46(45)56-47)43-21-9-7-18-41(43)42-19-8-10-22-44(42)52/h1-33H. The number of fused-ring (bicyclic) bond motifs is 9. The Balaban J connectivity index is 1.05. The molecule has 0 atom stereocenters. The SMILES string of the molecule is c1ccc(-c2ccc(-c3nc(-c4ccccc4)nc(-c4ccc(-c5cccc6c5C5(c7ccccc7S6)c6ccccc6-c6ccccc65)cc4)n3)cc2)cc1. The highest BCUT2D eigenvalue weighted by Gasteiger charge is 2.51. The van der Waals surface area contributed by atoms with Crippen molar-refractivity contribution in [3.63, 3.8) is 0 Å². The van der Waals surface area contributed by atoms with Crippen LogP contribution in [0.2, 0.25) is 0 Å². The summed E-state index contributed by atoms with van der Waals surface area (Å²) in [5.74, 6) is 1.93. The average molecular weight is 732 g/mol. The molecule has 1 aliphatic carbocycles. The van der Waals surface area contributed by atoms with E-state index < -0.39 is 5.41 Å². The Labute approximate surface area is 330 Å². The monoisotopic (exact) mass is 731 g/mol. The van der Waals surface area contributed by atoms with E-state index in [1.807, 2.05) is 48.2 Å². The van der Waals surface area contributed by atoms with E-state index in [-0.39, 0.29) is 0 Å². The zero-order chi connectivity index (χ0) is 37.1. The predicted octanol–water partition coefficient (Wildman–Crippen LogP) is 13.0. The molecule has 0 bridgehead atoms. The average Bonchev–Trinajstić information content (AvgIpc) is 3.57. The van der Waals surface area contributed by atoms with Gasteiger partial charge in [-0.15, -0.1) is 0 Å². The third-order valence-corrected chi connectivity index (χ3v) is 12.4. The maximum absolute atomic E-state index is 5.08. The third-order valence-electron chi connectivity index (χ3n) is 11.2. The first-order valence-corrected chi connectivity index (χ1v) is 19.8. The van der Waals surface area contributed by atoms with E-state index in [0.29, 0.717) is 17.5 Å². The molecule has 11 rings (SSSR count). The van der Waals surface area contributed by atoms with Gasteiger partial charge in [0, 0.05) is 26.5 Å². The van der Waals surface area contributed by atoms with Crippen molar-refractivity contribution in [3.8, 4) is 67.5 Å². The summed E-state index contributed by atoms with van der Waals surface area (Å²) in [6, 6.07) is 71.6. The van der Waals surface area contributed by atoms with E-state index in [2.05, 4.69) is 164 Å². The predicted molar refractivity (Wildman–Crippen MR) is 228 cm³/mol. The van der Waals surface area contributed by atoms with Crippen molar-refractivity contribution in [2.24, 2.45) is 0 Å². The van der Waals surface area contributed by atoms with Crippen molar-refractivity contribution < 1.29 is 0 Å². The molecule has 56 heavy (non-hydrogen) atoms. The Kier molecular flexibility index (Phi) is 7.64. The van der Waals surface area contributed by atoms with Crippen molar-refractivity contribution in [3.05, 3.63) is 222 Å². The first kappa shape index (κ1) is 32.5. The summed E-state index contributed by atoms with van der Waals surface area (Å²) in [4.78, 5) is 17.7. The fourth-order valence-electron chi connectivity index (χ4n) is 8.75. The van der Waals surface area contributed by atoms with Crippen LogP contribution in [0.3, 0.4) is 0 Å². The van der Waals surface area contributed by atoms with Gasteiger partial charge in [0.1, 0.15) is 0 Å². The Morgan fingerprint density at radius 3 is 1.27 bits per heavy atom. The highest BCUT2D eigenvalue weighted by Crippen LogP contribution is 2.63. The van der Waals surface area contributed by atoms with Gasteiger partial charge in [0.15, 0.2) is 17.5 Å². The lowest BCUT2D eigenvalue weighted by molar-refractivity contribution is 0.724. The number of benzene rings is 8. The normalized spacial score (nSPS) is 13.1. The largest absolute Gasteiger partial charge is 0.208 e. The summed E-state index contributed by atoms with van der Waals surface area (Å²) in [5, 5.41) is 0. The van der Waals surface area contributed by atoms with Gasteiger partial charge in [-0.25, -0.2) is 15.0 Å². The van der Waals surface area contributed by atoms with Gasteiger partial charge in [0.2, 0.25) is 0 Å². The molecule has 8 aromatic carbocycles. The Morgan fingerprint density at radius 1 is 0.286 bits per heavy atom. The maximum atomic E-state index is 5.08. The molecule has 0 amide bonds. The summed E-state index contributed by atoms with van der Waals surface area (Å²) in [7, 11) is 0. The van der Waals surface area contributed by atoms with Gasteiger partial charge in [-0.2, -0.15) is 0 Å². The van der Waals surface area contributed by atoms with Crippen molar-refractivity contribution in [1.82, 2.24) is 15.0 Å². The van der Waals surface area contributed by atoms with Crippen LogP contribution in [-0.2, 0) is 5.41 Å². The van der Waals surface area contributed by atoms with Crippen LogP contribution in [0.4, 0.5) is 0 Å². The van der Waals surface area contributed by atoms with E-state index in [4.69, 9.17) is 15.0 Å². The van der Waals surface area contributed by atoms with Gasteiger partial charge in [0.05, 0.1) is 5.41 Å². The summed E-state index contributed by atoms with van der Waals surface area (Å²) >= 11 is 1.87. The van der Waals surface area contributed by atoms with Crippen LogP contribution in [0.5, 0.6) is 0 Å². The van der Waals surface area contributed by atoms with Crippen molar-refractivity contribution in [2.45, 2.75) is 15.2 Å². The minimum atomic E-state index is -0.455. The van der Waals surface area contributed by atoms with Gasteiger partial charge in [-0.3, -0.25) is 0 Å². The van der Waals surface area contributed by atoms with Crippen molar-refractivity contribution >= 4 is 11.8 Å². The molecule has 2 aliphatic rings. The lowest BCUT2D eigenvalue weighted by atomic mass is 9.65. The highest BCUT2D eigenvalue weighted by atomic mass is 32.2. The summed E-state index contributed by atoms with van der Waals surface area (Å²) < 4.78 is 0. The van der Waals surface area contributed by atoms with Crippen LogP contribution in [0.25, 0.3) is 67.5 Å². The lowest BCUT2D eigenvalue weighted by Gasteiger charge is -2.41. The van der Waals surface area contributed by atoms with E-state index in [9.17, 15) is 0 Å². The Morgan fingerprint density at radius 2 is 0.679 bits per heavy atom. The maximum Gasteiger partial charge on any atom is 0.164 e. The second-order valence-corrected chi connectivity index (χ2v) is 15.4. The topological polar surface area (TPSA) is 38.7 Å². The van der Waals surface area contributed by atoms with Gasteiger partial charge in [0.25, 0.3) is 0 Å². The van der Waals surface area contributed by atoms with E-state index >= 15 is 0 Å². The van der Waals surface area contributed by atoms with Crippen molar-refractivity contribution in [2.75, 3.05) is 0 Å². The molecule has 1 aromatic heterocycles. The van der Waals surface area contributed by atoms with E-state index in [1.54, 1.807) is 0 Å². The van der Waals surface area contributed by atoms with E-state index in [0.717, 1.165) is 27.8 Å². The summed E-state index contributed by atoms with van der Waals surface area (Å²) in [6.07, 6.45) is 0. The third kappa shape index (κ3) is 5.10. The number of hydrogen-bond donors (Lipinski definition) is 0. The molecular formula is C52H33N3S. The molecule has 0 radical (unpaired) electrons. The lowest BCUT2D eigenvalue weighted by Crippen LogP contribution is -2.32. The molecule has 0 saturated carbocycles. The summed E-state index contributed by atoms with van der Waals surface area (Å²) in [6.45, 7) is 0. The molecule has 9 aromatic rings. The highest BCUT2D eigenvalue weighted by molar-refractivity contribution is 7.99. The molecule has 3 nitrogen and oxygen atoms in total. The van der Waals surface area contributed by atoms with Crippen LogP contribution in [0.15, 0.2) is 210 Å². The summed E-state index contributed by atoms with van der Waals surface area (Å²) in [5.41, 5.74) is 15.0. The van der Waals surface area contributed by atoms with Gasteiger partial charge >= 0.3 is 0 Å². The number of rotatable bonds is 5. The second kappa shape index (κ2) is 13.2. The zero-order valence-corrected chi connectivity index (χ0v) is 31.1. The van der Waals surface area contributed by atoms with Crippen LogP contribution in [-0.4, -0.2) is 15.0 Å². The van der Waals surface area contributed by atoms with Crippen LogP contribution < -0.4 is 0 Å². The number of aromatic nitrogens is 3. The first-order valence-electron chi connectivity index (χ1n) is 18.9. The Hall–Kier alpha value is -6.88. The molecule has 0 fully saturated rings. The smallest absolute Gasteiger partial charge is 0.164 e. The minimum absolute atomic E-state index is 0.455. The molecular weight excluding hydrogens is 699 g/mol. The van der Waals surface area contributed by atoms with Crippen LogP contribution in [0, 0.1) is 0 Å².